The summed E-state index contributed by atoms with van der Waals surface area (Å²) in [7, 11) is 3.74. The lowest BCUT2D eigenvalue weighted by Gasteiger charge is -2.31. The fourth-order valence-corrected chi connectivity index (χ4v) is 3.40. The first-order chi connectivity index (χ1) is 7.67. The molecule has 0 bridgehead atoms. The topological polar surface area (TPSA) is 21.3 Å². The minimum absolute atomic E-state index is 0.456. The molecule has 0 amide bonds. The third-order valence-corrected chi connectivity index (χ3v) is 4.13. The quantitative estimate of drug-likeness (QED) is 0.895. The molecule has 88 valence electrons. The van der Waals surface area contributed by atoms with Crippen LogP contribution in [0.3, 0.4) is 0 Å². The molecule has 2 nitrogen and oxygen atoms in total. The van der Waals surface area contributed by atoms with E-state index in [1.54, 1.807) is 7.11 Å². The number of nitrogens with one attached hydrogen (secondary N) is 1. The van der Waals surface area contributed by atoms with Gasteiger partial charge in [0.05, 0.1) is 7.11 Å². The normalized spacial score (nSPS) is 24.0. The molecule has 0 aliphatic heterocycles. The second-order valence-corrected chi connectivity index (χ2v) is 5.29. The molecule has 0 aromatic heterocycles. The molecule has 1 aromatic rings. The standard InChI is InChI=1S/C13H18BrNO/c1-8-4-5-12(15-2)10-6-9(16-3)7-11(14)13(8)10/h6-8,12,15H,4-5H2,1-3H3. The van der Waals surface area contributed by atoms with E-state index in [2.05, 4.69) is 40.3 Å². The van der Waals surface area contributed by atoms with Crippen molar-refractivity contribution in [1.82, 2.24) is 5.32 Å². The van der Waals surface area contributed by atoms with Crippen LogP contribution in [0.4, 0.5) is 0 Å². The lowest BCUT2D eigenvalue weighted by Crippen LogP contribution is -2.23. The van der Waals surface area contributed by atoms with Crippen LogP contribution in [0, 0.1) is 0 Å². The minimum Gasteiger partial charge on any atom is -0.497 e. The maximum absolute atomic E-state index is 5.33. The van der Waals surface area contributed by atoms with E-state index in [4.69, 9.17) is 4.74 Å². The molecule has 16 heavy (non-hydrogen) atoms. The van der Waals surface area contributed by atoms with Crippen LogP contribution in [0.5, 0.6) is 5.75 Å². The fraction of sp³-hybridized carbons (Fsp3) is 0.538. The van der Waals surface area contributed by atoms with Gasteiger partial charge in [0.1, 0.15) is 5.75 Å². The Bertz CT molecular complexity index is 392. The Labute approximate surface area is 106 Å². The second kappa shape index (κ2) is 4.76. The van der Waals surface area contributed by atoms with Gasteiger partial charge >= 0.3 is 0 Å². The molecule has 1 aliphatic rings. The summed E-state index contributed by atoms with van der Waals surface area (Å²) < 4.78 is 6.51. The van der Waals surface area contributed by atoms with Crippen LogP contribution in [0.2, 0.25) is 0 Å². The first-order valence-corrected chi connectivity index (χ1v) is 6.51. The average molecular weight is 284 g/mol. The van der Waals surface area contributed by atoms with Crippen molar-refractivity contribution >= 4 is 15.9 Å². The maximum Gasteiger partial charge on any atom is 0.120 e. The molecule has 2 unspecified atom stereocenters. The van der Waals surface area contributed by atoms with Crippen molar-refractivity contribution in [1.29, 1.82) is 0 Å². The molecule has 0 spiro atoms. The monoisotopic (exact) mass is 283 g/mol. The smallest absolute Gasteiger partial charge is 0.120 e. The SMILES string of the molecule is CNC1CCC(C)c2c(Br)cc(OC)cc21. The van der Waals surface area contributed by atoms with Gasteiger partial charge in [0, 0.05) is 10.5 Å². The van der Waals surface area contributed by atoms with Gasteiger partial charge in [-0.1, -0.05) is 22.9 Å². The summed E-state index contributed by atoms with van der Waals surface area (Å²) in [6, 6.07) is 4.68. The average Bonchev–Trinajstić information content (AvgIpc) is 2.28. The van der Waals surface area contributed by atoms with Gasteiger partial charge < -0.3 is 10.1 Å². The summed E-state index contributed by atoms with van der Waals surface area (Å²) in [6.07, 6.45) is 2.44. The predicted molar refractivity (Wildman–Crippen MR) is 70.1 cm³/mol. The Hall–Kier alpha value is -0.540. The van der Waals surface area contributed by atoms with Gasteiger partial charge in [0.25, 0.3) is 0 Å². The van der Waals surface area contributed by atoms with E-state index in [1.807, 2.05) is 7.05 Å². The third kappa shape index (κ3) is 1.98. The highest BCUT2D eigenvalue weighted by Crippen LogP contribution is 2.42. The summed E-state index contributed by atoms with van der Waals surface area (Å²) in [5.74, 6) is 1.56. The zero-order valence-corrected chi connectivity index (χ0v) is 11.6. The number of methoxy groups -OCH3 is 1. The molecule has 0 radical (unpaired) electrons. The molecule has 0 saturated heterocycles. The molecule has 1 aromatic carbocycles. The van der Waals surface area contributed by atoms with Gasteiger partial charge in [0.2, 0.25) is 0 Å². The molecule has 2 rings (SSSR count). The number of fused-ring (bicyclic) bond motifs is 1. The van der Waals surface area contributed by atoms with E-state index in [-0.39, 0.29) is 0 Å². The van der Waals surface area contributed by atoms with Crippen molar-refractivity contribution in [2.24, 2.45) is 0 Å². The molecule has 0 saturated carbocycles. The Morgan fingerprint density at radius 1 is 1.38 bits per heavy atom. The number of hydrogen-bond donors (Lipinski definition) is 1. The van der Waals surface area contributed by atoms with Crippen LogP contribution in [0.15, 0.2) is 16.6 Å². The fourth-order valence-electron chi connectivity index (χ4n) is 2.56. The maximum atomic E-state index is 5.33. The van der Waals surface area contributed by atoms with Crippen molar-refractivity contribution < 1.29 is 4.74 Å². The van der Waals surface area contributed by atoms with Gasteiger partial charge in [0.15, 0.2) is 0 Å². The molecular formula is C13H18BrNO. The molecule has 1 N–H and O–H groups in total. The molecule has 0 fully saturated rings. The highest BCUT2D eigenvalue weighted by atomic mass is 79.9. The zero-order valence-electron chi connectivity index (χ0n) is 10.0. The van der Waals surface area contributed by atoms with E-state index in [0.29, 0.717) is 12.0 Å². The number of halogens is 1. The largest absolute Gasteiger partial charge is 0.497 e. The van der Waals surface area contributed by atoms with Gasteiger partial charge in [-0.3, -0.25) is 0 Å². The van der Waals surface area contributed by atoms with Crippen molar-refractivity contribution in [2.75, 3.05) is 14.2 Å². The first-order valence-electron chi connectivity index (χ1n) is 5.72. The van der Waals surface area contributed by atoms with Crippen LogP contribution >= 0.6 is 15.9 Å². The Kier molecular flexibility index (Phi) is 3.55. The van der Waals surface area contributed by atoms with E-state index in [9.17, 15) is 0 Å². The highest BCUT2D eigenvalue weighted by molar-refractivity contribution is 9.10. The molecule has 0 heterocycles. The summed E-state index contributed by atoms with van der Waals surface area (Å²) in [6.45, 7) is 2.29. The number of benzene rings is 1. The Balaban J connectivity index is 2.54. The van der Waals surface area contributed by atoms with E-state index in [1.165, 1.54) is 28.4 Å². The van der Waals surface area contributed by atoms with Crippen molar-refractivity contribution in [2.45, 2.75) is 31.7 Å². The van der Waals surface area contributed by atoms with Gasteiger partial charge in [-0.15, -0.1) is 0 Å². The van der Waals surface area contributed by atoms with Gasteiger partial charge in [-0.05, 0) is 49.1 Å². The molecular weight excluding hydrogens is 266 g/mol. The lowest BCUT2D eigenvalue weighted by molar-refractivity contribution is 0.407. The summed E-state index contributed by atoms with van der Waals surface area (Å²) in [5, 5.41) is 3.38. The van der Waals surface area contributed by atoms with Crippen LogP contribution in [-0.2, 0) is 0 Å². The molecule has 1 aliphatic carbocycles. The van der Waals surface area contributed by atoms with Crippen molar-refractivity contribution in [3.05, 3.63) is 27.7 Å². The second-order valence-electron chi connectivity index (χ2n) is 4.43. The molecule has 3 heteroatoms. The van der Waals surface area contributed by atoms with Gasteiger partial charge in [-0.2, -0.15) is 0 Å². The minimum atomic E-state index is 0.456. The van der Waals surface area contributed by atoms with E-state index in [0.717, 1.165) is 5.75 Å². The summed E-state index contributed by atoms with van der Waals surface area (Å²) in [5.41, 5.74) is 2.82. The zero-order chi connectivity index (χ0) is 11.7. The number of hydrogen-bond acceptors (Lipinski definition) is 2. The van der Waals surface area contributed by atoms with Crippen LogP contribution in [0.25, 0.3) is 0 Å². The van der Waals surface area contributed by atoms with E-state index >= 15 is 0 Å². The van der Waals surface area contributed by atoms with Gasteiger partial charge in [-0.25, -0.2) is 0 Å². The Morgan fingerprint density at radius 3 is 2.75 bits per heavy atom. The van der Waals surface area contributed by atoms with Crippen molar-refractivity contribution in [3.63, 3.8) is 0 Å². The van der Waals surface area contributed by atoms with Crippen LogP contribution in [0.1, 0.15) is 42.9 Å². The summed E-state index contributed by atoms with van der Waals surface area (Å²) in [4.78, 5) is 0. The molecule has 2 atom stereocenters. The van der Waals surface area contributed by atoms with Crippen molar-refractivity contribution in [3.8, 4) is 5.75 Å². The van der Waals surface area contributed by atoms with Crippen LogP contribution in [-0.4, -0.2) is 14.2 Å². The number of rotatable bonds is 2. The number of ether oxygens (including phenoxy) is 1. The van der Waals surface area contributed by atoms with E-state index < -0.39 is 0 Å². The summed E-state index contributed by atoms with van der Waals surface area (Å²) >= 11 is 3.66. The third-order valence-electron chi connectivity index (χ3n) is 3.48. The Morgan fingerprint density at radius 2 is 2.12 bits per heavy atom. The first kappa shape index (κ1) is 11.9. The highest BCUT2D eigenvalue weighted by Gasteiger charge is 2.26. The van der Waals surface area contributed by atoms with Crippen LogP contribution < -0.4 is 10.1 Å². The lowest BCUT2D eigenvalue weighted by atomic mass is 9.81. The predicted octanol–water partition coefficient (Wildman–Crippen LogP) is 3.62.